The summed E-state index contributed by atoms with van der Waals surface area (Å²) < 4.78 is 20.7. The molecule has 0 spiro atoms. The Morgan fingerprint density at radius 1 is 1.30 bits per heavy atom. The second-order valence-corrected chi connectivity index (χ2v) is 7.80. The van der Waals surface area contributed by atoms with Crippen molar-refractivity contribution in [3.8, 4) is 0 Å². The van der Waals surface area contributed by atoms with Gasteiger partial charge in [0.25, 0.3) is 0 Å². The molecule has 2 atom stereocenters. The van der Waals surface area contributed by atoms with E-state index in [0.717, 1.165) is 0 Å². The van der Waals surface area contributed by atoms with E-state index >= 15 is 0 Å². The quantitative estimate of drug-likeness (QED) is 0.857. The number of rotatable bonds is 5. The lowest BCUT2D eigenvalue weighted by Gasteiger charge is -2.21. The van der Waals surface area contributed by atoms with Gasteiger partial charge in [-0.15, -0.1) is 0 Å². The molecule has 0 fully saturated rings. The number of amides is 2. The highest BCUT2D eigenvalue weighted by atomic mass is 32.2. The summed E-state index contributed by atoms with van der Waals surface area (Å²) in [4.78, 5) is 24.2. The van der Waals surface area contributed by atoms with Gasteiger partial charge in [-0.3, -0.25) is 4.79 Å². The monoisotopic (exact) mass is 341 g/mol. The molecule has 23 heavy (non-hydrogen) atoms. The molecule has 1 aromatic carbocycles. The summed E-state index contributed by atoms with van der Waals surface area (Å²) in [5, 5.41) is 5.21. The molecule has 0 saturated heterocycles. The summed E-state index contributed by atoms with van der Waals surface area (Å²) in [5.74, 6) is -0.503. The number of alkyl carbamates (subject to hydrolysis) is 1. The van der Waals surface area contributed by atoms with Crippen LogP contribution in [-0.4, -0.2) is 42.7 Å². The van der Waals surface area contributed by atoms with Crippen LogP contribution < -0.4 is 10.6 Å². The fourth-order valence-electron chi connectivity index (χ4n) is 1.86. The zero-order chi connectivity index (χ0) is 17.6. The first-order valence-corrected chi connectivity index (χ1v) is 8.99. The molecular formula is C15H23N3O4S. The standard InChI is InChI=1S/C15H23N3O4S/c1-10(2)13(18-15(20)22-4)14(19)17-11-7-6-8-12(9-11)23(5,21)16-3/h6-10,13H,1-5H3,(H,17,19)(H,18,20)/t13-,23?/m0/s1. The highest BCUT2D eigenvalue weighted by molar-refractivity contribution is 7.93. The smallest absolute Gasteiger partial charge is 0.407 e. The normalized spacial score (nSPS) is 14.5. The first-order chi connectivity index (χ1) is 10.7. The summed E-state index contributed by atoms with van der Waals surface area (Å²) in [6, 6.07) is 5.94. The fourth-order valence-corrected chi connectivity index (χ4v) is 2.74. The molecule has 0 aliphatic rings. The molecule has 0 heterocycles. The Labute approximate surface area is 137 Å². The van der Waals surface area contributed by atoms with Crippen LogP contribution in [0.5, 0.6) is 0 Å². The van der Waals surface area contributed by atoms with Crippen molar-refractivity contribution in [2.24, 2.45) is 10.3 Å². The molecule has 0 bridgehead atoms. The van der Waals surface area contributed by atoms with Crippen molar-refractivity contribution in [2.75, 3.05) is 25.7 Å². The number of methoxy groups -OCH3 is 1. The maximum atomic E-state index is 12.4. The lowest BCUT2D eigenvalue weighted by molar-refractivity contribution is -0.119. The lowest BCUT2D eigenvalue weighted by atomic mass is 10.0. The van der Waals surface area contributed by atoms with Gasteiger partial charge in [0.05, 0.1) is 16.8 Å². The number of nitrogens with zero attached hydrogens (tertiary/aromatic N) is 1. The topological polar surface area (TPSA) is 96.9 Å². The molecule has 0 aliphatic heterocycles. The van der Waals surface area contributed by atoms with Crippen molar-refractivity contribution >= 4 is 27.4 Å². The van der Waals surface area contributed by atoms with Crippen molar-refractivity contribution < 1.29 is 18.5 Å². The molecular weight excluding hydrogens is 318 g/mol. The Balaban J connectivity index is 2.97. The molecule has 1 unspecified atom stereocenters. The van der Waals surface area contributed by atoms with Gasteiger partial charge in [0.1, 0.15) is 6.04 Å². The van der Waals surface area contributed by atoms with Crippen LogP contribution in [0.15, 0.2) is 33.5 Å². The Hall–Kier alpha value is -2.09. The Morgan fingerprint density at radius 2 is 1.96 bits per heavy atom. The predicted octanol–water partition coefficient (Wildman–Crippen LogP) is 2.09. The van der Waals surface area contributed by atoms with Crippen LogP contribution in [0.25, 0.3) is 0 Å². The highest BCUT2D eigenvalue weighted by Crippen LogP contribution is 2.17. The molecule has 7 nitrogen and oxygen atoms in total. The van der Waals surface area contributed by atoms with Gasteiger partial charge in [0.15, 0.2) is 0 Å². The average molecular weight is 341 g/mol. The van der Waals surface area contributed by atoms with Gasteiger partial charge in [0.2, 0.25) is 5.91 Å². The molecule has 0 aliphatic carbocycles. The van der Waals surface area contributed by atoms with E-state index in [1.807, 2.05) is 13.8 Å². The number of carbonyl (C=O) groups is 2. The molecule has 0 saturated carbocycles. The summed E-state index contributed by atoms with van der Waals surface area (Å²) in [6.45, 7) is 3.62. The van der Waals surface area contributed by atoms with Crippen molar-refractivity contribution in [1.29, 1.82) is 0 Å². The minimum atomic E-state index is -2.48. The van der Waals surface area contributed by atoms with Gasteiger partial charge in [0, 0.05) is 23.9 Å². The molecule has 1 aromatic rings. The third-order valence-corrected chi connectivity index (χ3v) is 5.12. The Kier molecular flexibility index (Phi) is 6.56. The number of hydrogen-bond donors (Lipinski definition) is 2. The summed E-state index contributed by atoms with van der Waals surface area (Å²) in [6.07, 6.45) is 0.859. The number of benzene rings is 1. The minimum Gasteiger partial charge on any atom is -0.453 e. The van der Waals surface area contributed by atoms with Crippen LogP contribution in [0.4, 0.5) is 10.5 Å². The van der Waals surface area contributed by atoms with Gasteiger partial charge in [-0.25, -0.2) is 13.4 Å². The average Bonchev–Trinajstić information content (AvgIpc) is 2.52. The molecule has 0 aromatic heterocycles. The van der Waals surface area contributed by atoms with E-state index in [9.17, 15) is 13.8 Å². The number of anilines is 1. The van der Waals surface area contributed by atoms with E-state index in [1.165, 1.54) is 20.4 Å². The van der Waals surface area contributed by atoms with E-state index in [0.29, 0.717) is 10.6 Å². The van der Waals surface area contributed by atoms with Gasteiger partial charge in [-0.1, -0.05) is 19.9 Å². The van der Waals surface area contributed by atoms with Crippen LogP contribution in [-0.2, 0) is 19.3 Å². The van der Waals surface area contributed by atoms with Crippen LogP contribution in [0.3, 0.4) is 0 Å². The molecule has 1 rings (SSSR count). The zero-order valence-corrected chi connectivity index (χ0v) is 14.8. The van der Waals surface area contributed by atoms with Gasteiger partial charge >= 0.3 is 6.09 Å². The maximum Gasteiger partial charge on any atom is 0.407 e. The van der Waals surface area contributed by atoms with E-state index in [4.69, 9.17) is 0 Å². The largest absolute Gasteiger partial charge is 0.453 e. The third-order valence-electron chi connectivity index (χ3n) is 3.30. The van der Waals surface area contributed by atoms with Crippen molar-refractivity contribution in [3.05, 3.63) is 24.3 Å². The minimum absolute atomic E-state index is 0.127. The van der Waals surface area contributed by atoms with Crippen molar-refractivity contribution in [1.82, 2.24) is 5.32 Å². The number of hydrogen-bond acceptors (Lipinski definition) is 5. The number of carbonyl (C=O) groups excluding carboxylic acids is 2. The van der Waals surface area contributed by atoms with Crippen molar-refractivity contribution in [2.45, 2.75) is 24.8 Å². The van der Waals surface area contributed by atoms with Crippen molar-refractivity contribution in [3.63, 3.8) is 0 Å². The van der Waals surface area contributed by atoms with Crippen LogP contribution >= 0.6 is 0 Å². The highest BCUT2D eigenvalue weighted by Gasteiger charge is 2.24. The fraction of sp³-hybridized carbons (Fsp3) is 0.467. The van der Waals surface area contributed by atoms with E-state index in [-0.39, 0.29) is 11.8 Å². The molecule has 2 amide bonds. The Bertz CT molecular complexity index is 694. The second kappa shape index (κ2) is 7.96. The van der Waals surface area contributed by atoms with E-state index in [1.54, 1.807) is 24.3 Å². The second-order valence-electron chi connectivity index (χ2n) is 5.36. The molecule has 0 radical (unpaired) electrons. The summed E-state index contributed by atoms with van der Waals surface area (Å²) in [7, 11) is 0.243. The first kappa shape index (κ1) is 19.0. The zero-order valence-electron chi connectivity index (χ0n) is 14.0. The molecule has 2 N–H and O–H groups in total. The van der Waals surface area contributed by atoms with E-state index in [2.05, 4.69) is 19.7 Å². The van der Waals surface area contributed by atoms with Crippen LogP contribution in [0, 0.1) is 5.92 Å². The predicted molar refractivity (Wildman–Crippen MR) is 89.9 cm³/mol. The van der Waals surface area contributed by atoms with Gasteiger partial charge in [-0.05, 0) is 24.1 Å². The molecule has 128 valence electrons. The van der Waals surface area contributed by atoms with Gasteiger partial charge in [-0.2, -0.15) is 0 Å². The first-order valence-electron chi connectivity index (χ1n) is 7.07. The number of ether oxygens (including phenoxy) is 1. The number of nitrogens with one attached hydrogen (secondary N) is 2. The maximum absolute atomic E-state index is 12.4. The Morgan fingerprint density at radius 3 is 2.48 bits per heavy atom. The molecule has 8 heteroatoms. The lowest BCUT2D eigenvalue weighted by Crippen LogP contribution is -2.47. The SMILES string of the molecule is CN=S(C)(=O)c1cccc(NC(=O)[C@@H](NC(=O)OC)C(C)C)c1. The summed E-state index contributed by atoms with van der Waals surface area (Å²) >= 11 is 0. The third kappa shape index (κ3) is 5.24. The summed E-state index contributed by atoms with van der Waals surface area (Å²) in [5.41, 5.74) is 0.489. The van der Waals surface area contributed by atoms with E-state index < -0.39 is 21.9 Å². The van der Waals surface area contributed by atoms with Crippen LogP contribution in [0.2, 0.25) is 0 Å². The van der Waals surface area contributed by atoms with Crippen LogP contribution in [0.1, 0.15) is 13.8 Å². The van der Waals surface area contributed by atoms with Gasteiger partial charge < -0.3 is 15.4 Å².